The zero-order chi connectivity index (χ0) is 19.7. The van der Waals surface area contributed by atoms with E-state index in [1.807, 2.05) is 24.3 Å². The number of amides is 3. The highest BCUT2D eigenvalue weighted by Crippen LogP contribution is 2.30. The average molecular weight is 416 g/mol. The van der Waals surface area contributed by atoms with Gasteiger partial charge >= 0.3 is 0 Å². The first-order valence-corrected chi connectivity index (χ1v) is 9.97. The number of hydrogen-bond acceptors (Lipinski definition) is 4. The monoisotopic (exact) mass is 415 g/mol. The number of rotatable bonds is 5. The van der Waals surface area contributed by atoms with Gasteiger partial charge in [0.1, 0.15) is 0 Å². The van der Waals surface area contributed by atoms with Gasteiger partial charge in [0.05, 0.1) is 0 Å². The molecule has 0 saturated carbocycles. The van der Waals surface area contributed by atoms with Crippen LogP contribution in [0.1, 0.15) is 53.3 Å². The summed E-state index contributed by atoms with van der Waals surface area (Å²) in [7, 11) is 0. The van der Waals surface area contributed by atoms with Crippen molar-refractivity contribution in [1.29, 1.82) is 0 Å². The molecule has 1 fully saturated rings. The lowest BCUT2D eigenvalue weighted by Gasteiger charge is -2.31. The number of carbonyl (C=O) groups excluding carboxylic acids is 3. The number of nitrogens with one attached hydrogen (secondary N) is 2. The topological polar surface area (TPSA) is 78.5 Å². The molecular formula is C22H26ClN3O3. The third kappa shape index (κ3) is 4.14. The van der Waals surface area contributed by atoms with Gasteiger partial charge in [-0.3, -0.25) is 19.3 Å². The highest BCUT2D eigenvalue weighted by molar-refractivity contribution is 6.25. The molecule has 0 bridgehead atoms. The first-order chi connectivity index (χ1) is 13.6. The quantitative estimate of drug-likeness (QED) is 0.736. The van der Waals surface area contributed by atoms with Crippen LogP contribution in [0.3, 0.4) is 0 Å². The number of halogens is 1. The van der Waals surface area contributed by atoms with Gasteiger partial charge in [-0.05, 0) is 50.2 Å². The summed E-state index contributed by atoms with van der Waals surface area (Å²) < 4.78 is 0. The molecule has 2 aromatic rings. The van der Waals surface area contributed by atoms with E-state index in [9.17, 15) is 14.4 Å². The van der Waals surface area contributed by atoms with Gasteiger partial charge in [-0.2, -0.15) is 0 Å². The molecule has 0 aromatic heterocycles. The lowest BCUT2D eigenvalue weighted by Crippen LogP contribution is -2.52. The van der Waals surface area contributed by atoms with Gasteiger partial charge in [0.15, 0.2) is 0 Å². The molecule has 29 heavy (non-hydrogen) atoms. The van der Waals surface area contributed by atoms with E-state index in [0.29, 0.717) is 24.0 Å². The second-order valence-corrected chi connectivity index (χ2v) is 7.63. The molecule has 3 amide bonds. The predicted molar refractivity (Wildman–Crippen MR) is 114 cm³/mol. The standard InChI is InChI=1S/C22H25N3O3.ClH/c1-14-18(10-4-12-23-14)24-19(26)11-5-13-25-21(27)16-8-2-6-15-7-3-9-17(20(15)16)22(25)28;/h2-3,6-9,14,18,23H,4-5,10-13H2,1H3,(H,24,26);1H. The fourth-order valence-corrected chi connectivity index (χ4v) is 4.20. The van der Waals surface area contributed by atoms with E-state index in [2.05, 4.69) is 17.6 Å². The summed E-state index contributed by atoms with van der Waals surface area (Å²) in [5.74, 6) is -0.584. The van der Waals surface area contributed by atoms with Crippen molar-refractivity contribution < 1.29 is 14.4 Å². The number of carbonyl (C=O) groups is 3. The van der Waals surface area contributed by atoms with Gasteiger partial charge in [-0.1, -0.05) is 24.3 Å². The molecule has 0 aliphatic carbocycles. The van der Waals surface area contributed by atoms with Gasteiger partial charge in [-0.25, -0.2) is 0 Å². The summed E-state index contributed by atoms with van der Waals surface area (Å²) in [6, 6.07) is 11.4. The Balaban J connectivity index is 0.00000240. The molecule has 7 heteroatoms. The van der Waals surface area contributed by atoms with Crippen LogP contribution in [-0.4, -0.2) is 47.8 Å². The second kappa shape index (κ2) is 8.93. The van der Waals surface area contributed by atoms with Crippen molar-refractivity contribution >= 4 is 40.9 Å². The molecule has 0 spiro atoms. The molecule has 154 valence electrons. The van der Waals surface area contributed by atoms with Crippen molar-refractivity contribution in [2.45, 2.75) is 44.7 Å². The Morgan fingerprint density at radius 2 is 1.79 bits per heavy atom. The minimum absolute atomic E-state index is 0. The minimum Gasteiger partial charge on any atom is -0.352 e. The molecule has 0 radical (unpaired) electrons. The zero-order valence-electron chi connectivity index (χ0n) is 16.4. The van der Waals surface area contributed by atoms with Crippen LogP contribution in [0.15, 0.2) is 36.4 Å². The molecule has 2 aliphatic rings. The third-order valence-electron chi connectivity index (χ3n) is 5.75. The molecule has 2 heterocycles. The Hall–Kier alpha value is -2.44. The van der Waals surface area contributed by atoms with Crippen LogP contribution >= 0.6 is 12.4 Å². The molecule has 4 rings (SSSR count). The number of imide groups is 1. The number of nitrogens with zero attached hydrogens (tertiary/aromatic N) is 1. The van der Waals surface area contributed by atoms with Crippen LogP contribution in [0.25, 0.3) is 10.8 Å². The van der Waals surface area contributed by atoms with Gasteiger partial charge in [0.2, 0.25) is 5.91 Å². The number of hydrogen-bond donors (Lipinski definition) is 2. The summed E-state index contributed by atoms with van der Waals surface area (Å²) in [6.07, 6.45) is 2.78. The Labute approximate surface area is 176 Å². The van der Waals surface area contributed by atoms with E-state index >= 15 is 0 Å². The van der Waals surface area contributed by atoms with E-state index < -0.39 is 0 Å². The molecule has 2 atom stereocenters. The Morgan fingerprint density at radius 3 is 2.41 bits per heavy atom. The van der Waals surface area contributed by atoms with Crippen molar-refractivity contribution in [1.82, 2.24) is 15.5 Å². The van der Waals surface area contributed by atoms with Crippen molar-refractivity contribution in [2.75, 3.05) is 13.1 Å². The van der Waals surface area contributed by atoms with Gasteiger partial charge in [0.25, 0.3) is 11.8 Å². The SMILES string of the molecule is CC1NCCCC1NC(=O)CCCN1C(=O)c2cccc3cccc(c23)C1=O.Cl. The summed E-state index contributed by atoms with van der Waals surface area (Å²) >= 11 is 0. The third-order valence-corrected chi connectivity index (χ3v) is 5.75. The van der Waals surface area contributed by atoms with Gasteiger partial charge in [0, 0.05) is 41.6 Å². The van der Waals surface area contributed by atoms with E-state index in [-0.39, 0.29) is 48.8 Å². The Kier molecular flexibility index (Phi) is 6.55. The maximum atomic E-state index is 12.8. The maximum Gasteiger partial charge on any atom is 0.261 e. The molecule has 1 saturated heterocycles. The van der Waals surface area contributed by atoms with Crippen LogP contribution < -0.4 is 10.6 Å². The average Bonchev–Trinajstić information content (AvgIpc) is 2.70. The van der Waals surface area contributed by atoms with Crippen LogP contribution in [0.5, 0.6) is 0 Å². The van der Waals surface area contributed by atoms with Gasteiger partial charge in [-0.15, -0.1) is 12.4 Å². The lowest BCUT2D eigenvalue weighted by atomic mass is 9.94. The molecule has 2 unspecified atom stereocenters. The van der Waals surface area contributed by atoms with E-state index in [1.165, 1.54) is 4.90 Å². The maximum absolute atomic E-state index is 12.8. The summed E-state index contributed by atoms with van der Waals surface area (Å²) in [6.45, 7) is 3.31. The van der Waals surface area contributed by atoms with E-state index in [0.717, 1.165) is 30.2 Å². The van der Waals surface area contributed by atoms with Crippen molar-refractivity contribution in [3.8, 4) is 0 Å². The summed E-state index contributed by atoms with van der Waals surface area (Å²) in [5, 5.41) is 8.06. The molecular weight excluding hydrogens is 390 g/mol. The molecule has 2 aromatic carbocycles. The van der Waals surface area contributed by atoms with E-state index in [4.69, 9.17) is 0 Å². The van der Waals surface area contributed by atoms with Gasteiger partial charge < -0.3 is 10.6 Å². The lowest BCUT2D eigenvalue weighted by molar-refractivity contribution is -0.122. The largest absolute Gasteiger partial charge is 0.352 e. The van der Waals surface area contributed by atoms with Crippen LogP contribution in [-0.2, 0) is 4.79 Å². The smallest absolute Gasteiger partial charge is 0.261 e. The first kappa shape index (κ1) is 21.3. The first-order valence-electron chi connectivity index (χ1n) is 9.97. The predicted octanol–water partition coefficient (Wildman–Crippen LogP) is 2.89. The number of benzene rings is 2. The highest BCUT2D eigenvalue weighted by Gasteiger charge is 2.32. The fourth-order valence-electron chi connectivity index (χ4n) is 4.20. The zero-order valence-corrected chi connectivity index (χ0v) is 17.3. The Bertz CT molecular complexity index is 895. The second-order valence-electron chi connectivity index (χ2n) is 7.63. The van der Waals surface area contributed by atoms with Crippen molar-refractivity contribution in [3.63, 3.8) is 0 Å². The molecule has 2 N–H and O–H groups in total. The minimum atomic E-state index is -0.278. The normalized spacial score (nSPS) is 21.1. The molecule has 2 aliphatic heterocycles. The van der Waals surface area contributed by atoms with E-state index in [1.54, 1.807) is 12.1 Å². The van der Waals surface area contributed by atoms with Crippen molar-refractivity contribution in [3.05, 3.63) is 47.5 Å². The van der Waals surface area contributed by atoms with Crippen LogP contribution in [0.2, 0.25) is 0 Å². The van der Waals surface area contributed by atoms with Crippen molar-refractivity contribution in [2.24, 2.45) is 0 Å². The Morgan fingerprint density at radius 1 is 1.14 bits per heavy atom. The molecule has 6 nitrogen and oxygen atoms in total. The highest BCUT2D eigenvalue weighted by atomic mass is 35.5. The fraction of sp³-hybridized carbons (Fsp3) is 0.409. The van der Waals surface area contributed by atoms with Crippen LogP contribution in [0.4, 0.5) is 0 Å². The summed E-state index contributed by atoms with van der Waals surface area (Å²) in [4.78, 5) is 39.3. The summed E-state index contributed by atoms with van der Waals surface area (Å²) in [5.41, 5.74) is 1.11. The number of piperidine rings is 1. The van der Waals surface area contributed by atoms with Crippen LogP contribution in [0, 0.1) is 0 Å².